The van der Waals surface area contributed by atoms with E-state index in [-0.39, 0.29) is 12.1 Å². The molecule has 1 aromatic rings. The van der Waals surface area contributed by atoms with E-state index in [1.54, 1.807) is 0 Å². The number of benzene rings is 1. The van der Waals surface area contributed by atoms with E-state index in [0.29, 0.717) is 0 Å². The Morgan fingerprint density at radius 1 is 1.40 bits per heavy atom. The molecule has 0 spiro atoms. The second kappa shape index (κ2) is 4.15. The predicted octanol–water partition coefficient (Wildman–Crippen LogP) is 3.54. The summed E-state index contributed by atoms with van der Waals surface area (Å²) in [4.78, 5) is 0. The van der Waals surface area contributed by atoms with Crippen LogP contribution in [-0.2, 0) is 16.3 Å². The number of halogens is 1. The van der Waals surface area contributed by atoms with Crippen LogP contribution in [0.4, 0.5) is 0 Å². The van der Waals surface area contributed by atoms with Crippen LogP contribution >= 0.6 is 17.0 Å². The van der Waals surface area contributed by atoms with Crippen molar-refractivity contribution in [2.45, 2.75) is 19.1 Å². The summed E-state index contributed by atoms with van der Waals surface area (Å²) in [5, 5.41) is 0. The Kier molecular flexibility index (Phi) is 3.20. The number of hydrogen-bond donors (Lipinski definition) is 0. The van der Waals surface area contributed by atoms with E-state index in [1.807, 2.05) is 42.0 Å². The Bertz CT molecular complexity index is 400. The van der Waals surface area contributed by atoms with Crippen molar-refractivity contribution in [2.75, 3.05) is 7.05 Å². The van der Waals surface area contributed by atoms with E-state index in [0.717, 1.165) is 5.56 Å². The maximum atomic E-state index is 6.19. The molecule has 0 aliphatic carbocycles. The molecule has 0 unspecified atom stereocenters. The van der Waals surface area contributed by atoms with Gasteiger partial charge < -0.3 is 4.52 Å². The summed E-state index contributed by atoms with van der Waals surface area (Å²) in [6, 6.07) is 10.3. The number of likely N-dealkylation sites (N-methyl/N-ethyl adjacent to an activating group) is 1. The Labute approximate surface area is 100 Å². The fourth-order valence-corrected chi connectivity index (χ4v) is 4.38. The molecular formula is C10H13ClNOPS. The van der Waals surface area contributed by atoms with Gasteiger partial charge in [-0.3, -0.25) is 0 Å². The molecule has 1 aliphatic heterocycles. The van der Waals surface area contributed by atoms with Gasteiger partial charge in [0.15, 0.2) is 0 Å². The smallest absolute Gasteiger partial charge is 0.222 e. The zero-order valence-corrected chi connectivity index (χ0v) is 11.1. The largest absolute Gasteiger partial charge is 0.317 e. The third-order valence-corrected chi connectivity index (χ3v) is 6.37. The van der Waals surface area contributed by atoms with Crippen LogP contribution in [0.1, 0.15) is 18.6 Å². The first-order valence-corrected chi connectivity index (χ1v) is 8.36. The standard InChI is InChI=1S/C10H13ClNOPS/c1-8-10(9-6-4-3-5-7-9)13-14(11,15)12(8)2/h3-8,10H,1-2H3/t8-,10-,14+/m1/s1. The van der Waals surface area contributed by atoms with Crippen LogP contribution in [0.15, 0.2) is 30.3 Å². The summed E-state index contributed by atoms with van der Waals surface area (Å²) in [6.45, 7) is 2.09. The van der Waals surface area contributed by atoms with Crippen LogP contribution in [0.5, 0.6) is 0 Å². The molecule has 3 atom stereocenters. The van der Waals surface area contributed by atoms with Crippen LogP contribution in [0.2, 0.25) is 0 Å². The van der Waals surface area contributed by atoms with Crippen LogP contribution < -0.4 is 0 Å². The highest BCUT2D eigenvalue weighted by Gasteiger charge is 2.41. The minimum absolute atomic E-state index is 0.000432. The van der Waals surface area contributed by atoms with Crippen molar-refractivity contribution in [1.29, 1.82) is 0 Å². The lowest BCUT2D eigenvalue weighted by Gasteiger charge is -2.18. The minimum atomic E-state index is -2.27. The first kappa shape index (κ1) is 11.6. The van der Waals surface area contributed by atoms with E-state index in [2.05, 4.69) is 6.92 Å². The van der Waals surface area contributed by atoms with Crippen molar-refractivity contribution in [3.63, 3.8) is 0 Å². The number of rotatable bonds is 1. The number of nitrogens with zero attached hydrogens (tertiary/aromatic N) is 1. The summed E-state index contributed by atoms with van der Waals surface area (Å²) in [7, 11) is 1.93. The third-order valence-electron chi connectivity index (χ3n) is 2.78. The fraction of sp³-hybridized carbons (Fsp3) is 0.400. The molecule has 1 saturated heterocycles. The van der Waals surface area contributed by atoms with Crippen molar-refractivity contribution in [3.05, 3.63) is 35.9 Å². The monoisotopic (exact) mass is 261 g/mol. The van der Waals surface area contributed by atoms with Gasteiger partial charge in [-0.15, -0.1) is 0 Å². The molecule has 1 fully saturated rings. The highest BCUT2D eigenvalue weighted by atomic mass is 35.7. The van der Waals surface area contributed by atoms with Gasteiger partial charge in [-0.25, -0.2) is 4.67 Å². The normalized spacial score (nSPS) is 37.0. The topological polar surface area (TPSA) is 12.5 Å². The van der Waals surface area contributed by atoms with Gasteiger partial charge in [0, 0.05) is 6.04 Å². The second-order valence-corrected chi connectivity index (χ2v) is 8.91. The minimum Gasteiger partial charge on any atom is -0.317 e. The number of hydrogen-bond acceptors (Lipinski definition) is 2. The molecular weight excluding hydrogens is 249 g/mol. The quantitative estimate of drug-likeness (QED) is 0.718. The summed E-state index contributed by atoms with van der Waals surface area (Å²) < 4.78 is 7.75. The molecule has 0 amide bonds. The van der Waals surface area contributed by atoms with E-state index in [4.69, 9.17) is 27.6 Å². The maximum Gasteiger partial charge on any atom is 0.222 e. The Morgan fingerprint density at radius 2 is 2.00 bits per heavy atom. The van der Waals surface area contributed by atoms with E-state index >= 15 is 0 Å². The van der Waals surface area contributed by atoms with Gasteiger partial charge in [0.1, 0.15) is 6.10 Å². The van der Waals surface area contributed by atoms with Gasteiger partial charge in [-0.1, -0.05) is 30.3 Å². The summed E-state index contributed by atoms with van der Waals surface area (Å²) >= 11 is 11.5. The molecule has 1 aromatic carbocycles. The predicted molar refractivity (Wildman–Crippen MR) is 67.6 cm³/mol. The Hall–Kier alpha value is 0.0800. The zero-order valence-electron chi connectivity index (χ0n) is 8.63. The van der Waals surface area contributed by atoms with Crippen LogP contribution in [0.3, 0.4) is 0 Å². The average Bonchev–Trinajstić information content (AvgIpc) is 2.44. The summed E-state index contributed by atoms with van der Waals surface area (Å²) in [5.74, 6) is -2.27. The van der Waals surface area contributed by atoms with E-state index in [9.17, 15) is 0 Å². The van der Waals surface area contributed by atoms with Crippen molar-refractivity contribution < 1.29 is 4.52 Å². The molecule has 0 saturated carbocycles. The van der Waals surface area contributed by atoms with Crippen molar-refractivity contribution in [3.8, 4) is 0 Å². The molecule has 5 heteroatoms. The molecule has 0 aromatic heterocycles. The van der Waals surface area contributed by atoms with E-state index in [1.165, 1.54) is 0 Å². The average molecular weight is 262 g/mol. The van der Waals surface area contributed by atoms with E-state index < -0.39 is 5.77 Å². The fourth-order valence-electron chi connectivity index (χ4n) is 1.70. The molecule has 2 nitrogen and oxygen atoms in total. The summed E-state index contributed by atoms with van der Waals surface area (Å²) in [6.07, 6.45) is -0.000432. The highest BCUT2D eigenvalue weighted by Crippen LogP contribution is 2.65. The molecule has 2 rings (SSSR count). The Morgan fingerprint density at radius 3 is 2.47 bits per heavy atom. The Balaban J connectivity index is 2.31. The van der Waals surface area contributed by atoms with Crippen molar-refractivity contribution in [1.82, 2.24) is 4.67 Å². The van der Waals surface area contributed by atoms with Gasteiger partial charge in [-0.2, -0.15) is 0 Å². The lowest BCUT2D eigenvalue weighted by atomic mass is 10.0. The van der Waals surface area contributed by atoms with Gasteiger partial charge >= 0.3 is 0 Å². The lowest BCUT2D eigenvalue weighted by Crippen LogP contribution is -2.22. The lowest BCUT2D eigenvalue weighted by molar-refractivity contribution is 0.218. The third kappa shape index (κ3) is 2.13. The van der Waals surface area contributed by atoms with Crippen LogP contribution in [0, 0.1) is 0 Å². The van der Waals surface area contributed by atoms with Gasteiger partial charge in [-0.05, 0) is 42.6 Å². The molecule has 0 radical (unpaired) electrons. The van der Waals surface area contributed by atoms with Crippen LogP contribution in [0.25, 0.3) is 0 Å². The molecule has 82 valence electrons. The van der Waals surface area contributed by atoms with Crippen molar-refractivity contribution in [2.24, 2.45) is 0 Å². The highest BCUT2D eigenvalue weighted by molar-refractivity contribution is 8.23. The maximum absolute atomic E-state index is 6.19. The van der Waals surface area contributed by atoms with Gasteiger partial charge in [0.2, 0.25) is 5.77 Å². The second-order valence-electron chi connectivity index (χ2n) is 3.70. The van der Waals surface area contributed by atoms with Crippen LogP contribution in [-0.4, -0.2) is 17.8 Å². The SMILES string of the molecule is C[C@@H]1[C@H](c2ccccc2)O[P@](=S)(Cl)N1C. The summed E-state index contributed by atoms with van der Waals surface area (Å²) in [5.41, 5.74) is 1.14. The van der Waals surface area contributed by atoms with Gasteiger partial charge in [0.05, 0.1) is 0 Å². The van der Waals surface area contributed by atoms with Gasteiger partial charge in [0.25, 0.3) is 0 Å². The first-order valence-electron chi connectivity index (χ1n) is 4.79. The molecule has 1 heterocycles. The molecule has 0 bridgehead atoms. The molecule has 15 heavy (non-hydrogen) atoms. The molecule has 1 aliphatic rings. The van der Waals surface area contributed by atoms with Crippen molar-refractivity contribution >= 4 is 28.8 Å². The first-order chi connectivity index (χ1) is 7.02. The zero-order chi connectivity index (χ0) is 11.1. The molecule has 0 N–H and O–H groups in total.